The van der Waals surface area contributed by atoms with Crippen LogP contribution in [0, 0.1) is 6.92 Å². The van der Waals surface area contributed by atoms with Gasteiger partial charge in [-0.2, -0.15) is 0 Å². The molecule has 0 saturated carbocycles. The van der Waals surface area contributed by atoms with Gasteiger partial charge < -0.3 is 14.3 Å². The van der Waals surface area contributed by atoms with Crippen LogP contribution < -0.4 is 4.72 Å². The second-order valence-corrected chi connectivity index (χ2v) is 6.77. The summed E-state index contributed by atoms with van der Waals surface area (Å²) in [4.78, 5) is 10.7. The highest BCUT2D eigenvalue weighted by atomic mass is 32.2. The van der Waals surface area contributed by atoms with Crippen LogP contribution in [0.25, 0.3) is 0 Å². The summed E-state index contributed by atoms with van der Waals surface area (Å²) in [6.07, 6.45) is 0.291. The molecule has 1 aliphatic heterocycles. The number of carboxylic acids is 1. The van der Waals surface area contributed by atoms with Crippen molar-refractivity contribution in [1.82, 2.24) is 4.72 Å². The Bertz CT molecular complexity index is 634. The van der Waals surface area contributed by atoms with Crippen molar-refractivity contribution in [3.8, 4) is 0 Å². The molecule has 0 spiro atoms. The minimum Gasteiger partial charge on any atom is -0.475 e. The summed E-state index contributed by atoms with van der Waals surface area (Å²) in [5, 5.41) is 8.84. The molecule has 1 aliphatic rings. The van der Waals surface area contributed by atoms with E-state index in [1.54, 1.807) is 13.8 Å². The van der Waals surface area contributed by atoms with Crippen LogP contribution in [0.1, 0.15) is 36.6 Å². The normalized spacial score (nSPS) is 26.9. The van der Waals surface area contributed by atoms with Gasteiger partial charge in [0.2, 0.25) is 15.8 Å². The van der Waals surface area contributed by atoms with Crippen LogP contribution in [0.2, 0.25) is 0 Å². The zero-order valence-corrected chi connectivity index (χ0v) is 12.3. The Kier molecular flexibility index (Phi) is 3.66. The van der Waals surface area contributed by atoms with Gasteiger partial charge in [0, 0.05) is 12.7 Å². The fourth-order valence-electron chi connectivity index (χ4n) is 2.17. The zero-order chi connectivity index (χ0) is 15.1. The second kappa shape index (κ2) is 4.87. The Labute approximate surface area is 117 Å². The van der Waals surface area contributed by atoms with Gasteiger partial charge in [0.25, 0.3) is 0 Å². The van der Waals surface area contributed by atoms with Crippen LogP contribution in [0.4, 0.5) is 0 Å². The summed E-state index contributed by atoms with van der Waals surface area (Å²) in [5.74, 6) is -1.66. The standard InChI is InChI=1S/C12H17NO6S/c1-7-10(6-9(19-7)11(14)15)20(16,17)13-12(3)4-5-18-8(12)2/h6,8,13H,4-5H2,1-3H3,(H,14,15). The van der Waals surface area contributed by atoms with Crippen LogP contribution in [0.5, 0.6) is 0 Å². The molecule has 1 fully saturated rings. The van der Waals surface area contributed by atoms with Gasteiger partial charge in [0.15, 0.2) is 0 Å². The van der Waals surface area contributed by atoms with E-state index < -0.39 is 27.3 Å². The van der Waals surface area contributed by atoms with Crippen LogP contribution in [-0.4, -0.2) is 37.7 Å². The molecule has 1 saturated heterocycles. The third kappa shape index (κ3) is 2.58. The number of sulfonamides is 1. The van der Waals surface area contributed by atoms with E-state index >= 15 is 0 Å². The number of hydrogen-bond donors (Lipinski definition) is 2. The van der Waals surface area contributed by atoms with E-state index in [-0.39, 0.29) is 16.8 Å². The lowest BCUT2D eigenvalue weighted by Gasteiger charge is -2.28. The van der Waals surface area contributed by atoms with Gasteiger partial charge in [-0.05, 0) is 27.2 Å². The van der Waals surface area contributed by atoms with E-state index in [0.717, 1.165) is 6.07 Å². The molecule has 112 valence electrons. The van der Waals surface area contributed by atoms with E-state index in [9.17, 15) is 13.2 Å². The lowest BCUT2D eigenvalue weighted by Crippen LogP contribution is -2.50. The Hall–Kier alpha value is -1.38. The van der Waals surface area contributed by atoms with E-state index in [0.29, 0.717) is 13.0 Å². The highest BCUT2D eigenvalue weighted by molar-refractivity contribution is 7.89. The van der Waals surface area contributed by atoms with E-state index in [2.05, 4.69) is 4.72 Å². The maximum atomic E-state index is 12.4. The van der Waals surface area contributed by atoms with Gasteiger partial charge in [-0.1, -0.05) is 0 Å². The summed E-state index contributed by atoms with van der Waals surface area (Å²) in [7, 11) is -3.87. The molecule has 1 aromatic rings. The second-order valence-electron chi connectivity index (χ2n) is 5.12. The number of nitrogens with one attached hydrogen (secondary N) is 1. The average Bonchev–Trinajstić information content (AvgIpc) is 2.84. The van der Waals surface area contributed by atoms with Crippen LogP contribution in [0.15, 0.2) is 15.4 Å². The Morgan fingerprint density at radius 2 is 2.20 bits per heavy atom. The third-order valence-electron chi connectivity index (χ3n) is 3.63. The smallest absolute Gasteiger partial charge is 0.371 e. The Morgan fingerprint density at radius 1 is 1.55 bits per heavy atom. The molecule has 20 heavy (non-hydrogen) atoms. The van der Waals surface area contributed by atoms with Crippen molar-refractivity contribution in [3.05, 3.63) is 17.6 Å². The van der Waals surface area contributed by atoms with E-state index in [1.807, 2.05) is 0 Å². The molecule has 0 aliphatic carbocycles. The lowest BCUT2D eigenvalue weighted by molar-refractivity contribution is 0.0661. The molecule has 1 aromatic heterocycles. The topological polar surface area (TPSA) is 106 Å². The highest BCUT2D eigenvalue weighted by Crippen LogP contribution is 2.29. The molecule has 2 atom stereocenters. The fraction of sp³-hybridized carbons (Fsp3) is 0.583. The molecule has 2 N–H and O–H groups in total. The van der Waals surface area contributed by atoms with Gasteiger partial charge in [0.05, 0.1) is 11.6 Å². The molecular weight excluding hydrogens is 286 g/mol. The zero-order valence-electron chi connectivity index (χ0n) is 11.5. The molecule has 2 unspecified atom stereocenters. The monoisotopic (exact) mass is 303 g/mol. The van der Waals surface area contributed by atoms with Crippen molar-refractivity contribution in [2.75, 3.05) is 6.61 Å². The number of carbonyl (C=O) groups is 1. The predicted octanol–water partition coefficient (Wildman–Crippen LogP) is 1.13. The van der Waals surface area contributed by atoms with Gasteiger partial charge in [-0.25, -0.2) is 17.9 Å². The molecule has 0 bridgehead atoms. The minimum absolute atomic E-state index is 0.0464. The van der Waals surface area contributed by atoms with Gasteiger partial charge in [-0.15, -0.1) is 0 Å². The van der Waals surface area contributed by atoms with E-state index in [1.165, 1.54) is 6.92 Å². The minimum atomic E-state index is -3.87. The largest absolute Gasteiger partial charge is 0.475 e. The van der Waals surface area contributed by atoms with Gasteiger partial charge in [-0.3, -0.25) is 0 Å². The van der Waals surface area contributed by atoms with Gasteiger partial charge >= 0.3 is 5.97 Å². The maximum Gasteiger partial charge on any atom is 0.371 e. The number of ether oxygens (including phenoxy) is 1. The average molecular weight is 303 g/mol. The third-order valence-corrected chi connectivity index (χ3v) is 5.35. The molecule has 2 heterocycles. The fourth-order valence-corrected chi connectivity index (χ4v) is 3.84. The first-order chi connectivity index (χ1) is 9.16. The number of hydrogen-bond acceptors (Lipinski definition) is 5. The highest BCUT2D eigenvalue weighted by Gasteiger charge is 2.41. The number of carboxylic acid groups (broad SMARTS) is 1. The van der Waals surface area contributed by atoms with Crippen molar-refractivity contribution in [2.24, 2.45) is 0 Å². The van der Waals surface area contributed by atoms with Gasteiger partial charge in [0.1, 0.15) is 10.7 Å². The molecule has 7 nitrogen and oxygen atoms in total. The Morgan fingerprint density at radius 3 is 2.65 bits per heavy atom. The summed E-state index contributed by atoms with van der Waals surface area (Å²) in [6, 6.07) is 1.02. The quantitative estimate of drug-likeness (QED) is 0.863. The lowest BCUT2D eigenvalue weighted by atomic mass is 9.97. The van der Waals surface area contributed by atoms with Crippen molar-refractivity contribution < 1.29 is 27.5 Å². The van der Waals surface area contributed by atoms with Crippen molar-refractivity contribution >= 4 is 16.0 Å². The number of furan rings is 1. The van der Waals surface area contributed by atoms with Crippen molar-refractivity contribution in [2.45, 2.75) is 43.7 Å². The summed E-state index contributed by atoms with van der Waals surface area (Å²) >= 11 is 0. The van der Waals surface area contributed by atoms with Crippen molar-refractivity contribution in [3.63, 3.8) is 0 Å². The van der Waals surface area contributed by atoms with Crippen LogP contribution in [0.3, 0.4) is 0 Å². The molecule has 0 amide bonds. The maximum absolute atomic E-state index is 12.4. The first-order valence-electron chi connectivity index (χ1n) is 6.15. The predicted molar refractivity (Wildman–Crippen MR) is 69.2 cm³/mol. The molecule has 0 radical (unpaired) electrons. The van der Waals surface area contributed by atoms with Crippen LogP contribution in [-0.2, 0) is 14.8 Å². The first kappa shape index (κ1) is 15.0. The molecule has 0 aromatic carbocycles. The molecule has 8 heteroatoms. The first-order valence-corrected chi connectivity index (χ1v) is 7.63. The van der Waals surface area contributed by atoms with Crippen molar-refractivity contribution in [1.29, 1.82) is 0 Å². The Balaban J connectivity index is 2.34. The number of rotatable bonds is 4. The number of aryl methyl sites for hydroxylation is 1. The number of aromatic carboxylic acids is 1. The SMILES string of the molecule is Cc1oc(C(=O)O)cc1S(=O)(=O)NC1(C)CCOC1C. The summed E-state index contributed by atoms with van der Waals surface area (Å²) < 4.78 is 37.7. The molecular formula is C12H17NO6S. The van der Waals surface area contributed by atoms with E-state index in [4.69, 9.17) is 14.3 Å². The van der Waals surface area contributed by atoms with Crippen LogP contribution >= 0.6 is 0 Å². The summed E-state index contributed by atoms with van der Waals surface area (Å²) in [5.41, 5.74) is -0.716. The summed E-state index contributed by atoms with van der Waals surface area (Å²) in [6.45, 7) is 5.44. The molecule has 2 rings (SSSR count).